The average Bonchev–Trinajstić information content (AvgIpc) is 2.56. The molecule has 1 aliphatic rings. The van der Waals surface area contributed by atoms with Crippen molar-refractivity contribution >= 4 is 17.5 Å². The van der Waals surface area contributed by atoms with Crippen LogP contribution in [-0.2, 0) is 0 Å². The van der Waals surface area contributed by atoms with Gasteiger partial charge in [-0.25, -0.2) is 8.78 Å². The smallest absolute Gasteiger partial charge is 0.132 e. The Morgan fingerprint density at radius 2 is 2.14 bits per heavy atom. The van der Waals surface area contributed by atoms with E-state index in [2.05, 4.69) is 5.32 Å². The van der Waals surface area contributed by atoms with Crippen molar-refractivity contribution in [3.05, 3.63) is 40.8 Å². The zero-order valence-electron chi connectivity index (χ0n) is 7.55. The largest absolute Gasteiger partial charge is 0.372 e. The molecule has 1 unspecified atom stereocenters. The van der Waals surface area contributed by atoms with Gasteiger partial charge in [0.15, 0.2) is 0 Å². The molecule has 0 radical (unpaired) electrons. The van der Waals surface area contributed by atoms with E-state index in [-0.39, 0.29) is 5.37 Å². The quantitative estimate of drug-likeness (QED) is 0.769. The molecule has 0 aliphatic carbocycles. The number of hydrogen-bond acceptors (Lipinski definition) is 2. The molecule has 1 N–H and O–H groups in total. The Morgan fingerprint density at radius 1 is 1.36 bits per heavy atom. The lowest BCUT2D eigenvalue weighted by atomic mass is 10.1. The molecule has 0 fully saturated rings. The molecular weight excluding hydrogens is 204 g/mol. The fourth-order valence-corrected chi connectivity index (χ4v) is 2.03. The van der Waals surface area contributed by atoms with Crippen LogP contribution in [0.4, 0.5) is 8.78 Å². The predicted molar refractivity (Wildman–Crippen MR) is 54.5 cm³/mol. The van der Waals surface area contributed by atoms with Crippen molar-refractivity contribution in [3.63, 3.8) is 0 Å². The maximum atomic E-state index is 13.3. The summed E-state index contributed by atoms with van der Waals surface area (Å²) in [5, 5.41) is 5.08. The lowest BCUT2D eigenvalue weighted by Gasteiger charge is -2.08. The van der Waals surface area contributed by atoms with Crippen LogP contribution in [0.1, 0.15) is 12.5 Å². The Hall–Kier alpha value is -1.03. The minimum absolute atomic E-state index is 0.215. The first-order valence-electron chi connectivity index (χ1n) is 4.24. The second kappa shape index (κ2) is 3.61. The molecule has 14 heavy (non-hydrogen) atoms. The van der Waals surface area contributed by atoms with E-state index < -0.39 is 11.6 Å². The molecular formula is C10H9F2NS. The van der Waals surface area contributed by atoms with Crippen molar-refractivity contribution in [2.45, 2.75) is 12.3 Å². The van der Waals surface area contributed by atoms with Crippen molar-refractivity contribution in [1.29, 1.82) is 0 Å². The van der Waals surface area contributed by atoms with Gasteiger partial charge in [-0.05, 0) is 30.5 Å². The van der Waals surface area contributed by atoms with Gasteiger partial charge in [-0.3, -0.25) is 0 Å². The topological polar surface area (TPSA) is 12.0 Å². The third-order valence-corrected chi connectivity index (χ3v) is 2.87. The van der Waals surface area contributed by atoms with Crippen molar-refractivity contribution in [2.75, 3.05) is 0 Å². The van der Waals surface area contributed by atoms with E-state index in [1.165, 1.54) is 6.07 Å². The van der Waals surface area contributed by atoms with Crippen LogP contribution in [0.5, 0.6) is 0 Å². The van der Waals surface area contributed by atoms with Gasteiger partial charge in [0, 0.05) is 5.56 Å². The van der Waals surface area contributed by atoms with Crippen molar-refractivity contribution < 1.29 is 8.78 Å². The van der Waals surface area contributed by atoms with E-state index in [0.29, 0.717) is 11.3 Å². The van der Waals surface area contributed by atoms with Crippen molar-refractivity contribution in [3.8, 4) is 0 Å². The fraction of sp³-hybridized carbons (Fsp3) is 0.200. The molecule has 0 saturated carbocycles. The van der Waals surface area contributed by atoms with E-state index in [1.54, 1.807) is 11.8 Å². The molecule has 4 heteroatoms. The summed E-state index contributed by atoms with van der Waals surface area (Å²) in [5.41, 5.74) is 0.946. The van der Waals surface area contributed by atoms with Crippen LogP contribution < -0.4 is 5.32 Å². The number of rotatable bonds is 1. The highest BCUT2D eigenvalue weighted by atomic mass is 32.2. The SMILES string of the molecule is CC1NC(c2cc(F)ccc2F)=CS1. The van der Waals surface area contributed by atoms with Crippen LogP contribution in [0.3, 0.4) is 0 Å². The van der Waals surface area contributed by atoms with E-state index in [9.17, 15) is 8.78 Å². The van der Waals surface area contributed by atoms with E-state index >= 15 is 0 Å². The van der Waals surface area contributed by atoms with Crippen LogP contribution >= 0.6 is 11.8 Å². The summed E-state index contributed by atoms with van der Waals surface area (Å²) in [6.45, 7) is 1.96. The van der Waals surface area contributed by atoms with Crippen LogP contribution in [0.15, 0.2) is 23.6 Å². The molecule has 74 valence electrons. The lowest BCUT2D eigenvalue weighted by molar-refractivity contribution is 0.595. The second-order valence-electron chi connectivity index (χ2n) is 3.08. The summed E-state index contributed by atoms with van der Waals surface area (Å²) >= 11 is 1.55. The molecule has 0 bridgehead atoms. The minimum Gasteiger partial charge on any atom is -0.372 e. The van der Waals surface area contributed by atoms with Crippen molar-refractivity contribution in [1.82, 2.24) is 5.32 Å². The zero-order chi connectivity index (χ0) is 10.1. The Kier molecular flexibility index (Phi) is 2.46. The molecule has 1 aromatic carbocycles. The molecule has 1 nitrogen and oxygen atoms in total. The second-order valence-corrected chi connectivity index (χ2v) is 4.29. The van der Waals surface area contributed by atoms with Crippen LogP contribution in [0.2, 0.25) is 0 Å². The van der Waals surface area contributed by atoms with Gasteiger partial charge in [-0.1, -0.05) is 0 Å². The van der Waals surface area contributed by atoms with E-state index in [4.69, 9.17) is 0 Å². The van der Waals surface area contributed by atoms with Gasteiger partial charge < -0.3 is 5.32 Å². The molecule has 2 rings (SSSR count). The highest BCUT2D eigenvalue weighted by Gasteiger charge is 2.16. The number of benzene rings is 1. The fourth-order valence-electron chi connectivity index (χ4n) is 1.30. The van der Waals surface area contributed by atoms with E-state index in [0.717, 1.165) is 12.1 Å². The number of halogens is 2. The molecule has 0 spiro atoms. The van der Waals surface area contributed by atoms with Gasteiger partial charge in [0.25, 0.3) is 0 Å². The molecule has 1 aliphatic heterocycles. The molecule has 1 heterocycles. The van der Waals surface area contributed by atoms with Gasteiger partial charge in [-0.2, -0.15) is 0 Å². The first-order chi connectivity index (χ1) is 6.66. The summed E-state index contributed by atoms with van der Waals surface area (Å²) in [5.74, 6) is -0.825. The zero-order valence-corrected chi connectivity index (χ0v) is 8.37. The summed E-state index contributed by atoms with van der Waals surface area (Å²) in [7, 11) is 0. The van der Waals surface area contributed by atoms with E-state index in [1.807, 2.05) is 12.3 Å². The number of nitrogens with one attached hydrogen (secondary N) is 1. The predicted octanol–water partition coefficient (Wildman–Crippen LogP) is 2.95. The van der Waals surface area contributed by atoms with Crippen LogP contribution in [0.25, 0.3) is 5.70 Å². The Bertz CT molecular complexity index is 390. The standard InChI is InChI=1S/C10H9F2NS/c1-6-13-10(5-14-6)8-4-7(11)2-3-9(8)12/h2-6,13H,1H3. The third kappa shape index (κ3) is 1.75. The normalized spacial score (nSPS) is 20.5. The van der Waals surface area contributed by atoms with Gasteiger partial charge in [-0.15, -0.1) is 11.8 Å². The number of hydrogen-bond donors (Lipinski definition) is 1. The molecule has 1 atom stereocenters. The molecule has 0 amide bonds. The number of thioether (sulfide) groups is 1. The summed E-state index contributed by atoms with van der Waals surface area (Å²) in [6, 6.07) is 3.46. The first-order valence-corrected chi connectivity index (χ1v) is 5.18. The van der Waals surface area contributed by atoms with Gasteiger partial charge in [0.1, 0.15) is 11.6 Å². The van der Waals surface area contributed by atoms with Gasteiger partial charge in [0.05, 0.1) is 11.1 Å². The van der Waals surface area contributed by atoms with Crippen LogP contribution in [-0.4, -0.2) is 5.37 Å². The Morgan fingerprint density at radius 3 is 2.79 bits per heavy atom. The molecule has 1 aromatic rings. The van der Waals surface area contributed by atoms with Gasteiger partial charge >= 0.3 is 0 Å². The third-order valence-electron chi connectivity index (χ3n) is 1.97. The average molecular weight is 213 g/mol. The Balaban J connectivity index is 2.36. The summed E-state index contributed by atoms with van der Waals surface area (Å²) in [6.07, 6.45) is 0. The maximum Gasteiger partial charge on any atom is 0.132 e. The highest BCUT2D eigenvalue weighted by Crippen LogP contribution is 2.28. The maximum absolute atomic E-state index is 13.3. The summed E-state index contributed by atoms with van der Waals surface area (Å²) < 4.78 is 26.2. The summed E-state index contributed by atoms with van der Waals surface area (Å²) in [4.78, 5) is 0. The Labute approximate surface area is 85.2 Å². The molecule has 0 aromatic heterocycles. The first kappa shape index (κ1) is 9.52. The molecule has 0 saturated heterocycles. The highest BCUT2D eigenvalue weighted by molar-refractivity contribution is 8.03. The monoisotopic (exact) mass is 213 g/mol. The van der Waals surface area contributed by atoms with Gasteiger partial charge in [0.2, 0.25) is 0 Å². The van der Waals surface area contributed by atoms with Crippen LogP contribution in [0, 0.1) is 11.6 Å². The van der Waals surface area contributed by atoms with Crippen molar-refractivity contribution in [2.24, 2.45) is 0 Å². The lowest BCUT2D eigenvalue weighted by Crippen LogP contribution is -2.16. The minimum atomic E-state index is -0.423.